The monoisotopic (exact) mass is 525 g/mol. The molecule has 0 aliphatic rings. The maximum absolute atomic E-state index is 12.0. The quantitative estimate of drug-likeness (QED) is 0.274. The fourth-order valence-corrected chi connectivity index (χ4v) is 2.95. The highest BCUT2D eigenvalue weighted by Gasteiger charge is 2.24. The van der Waals surface area contributed by atoms with E-state index in [1.165, 1.54) is 5.01 Å². The van der Waals surface area contributed by atoms with Crippen molar-refractivity contribution in [1.29, 1.82) is 0 Å². The molecule has 0 unspecified atom stereocenters. The van der Waals surface area contributed by atoms with Gasteiger partial charge in [0.1, 0.15) is 5.60 Å². The van der Waals surface area contributed by atoms with E-state index in [1.54, 1.807) is 11.3 Å². The molecule has 1 rings (SSSR count). The topological polar surface area (TPSA) is 87.6 Å². The average Bonchev–Trinajstić information content (AvgIpc) is 2.98. The van der Waals surface area contributed by atoms with Crippen molar-refractivity contribution >= 4 is 47.4 Å². The predicted octanol–water partition coefficient (Wildman–Crippen LogP) is 3.72. The third-order valence-electron chi connectivity index (χ3n) is 3.39. The third kappa shape index (κ3) is 11.7. The number of hydrogen-bond donors (Lipinski definition) is 3. The van der Waals surface area contributed by atoms with Crippen LogP contribution in [0.4, 0.5) is 4.79 Å². The lowest BCUT2D eigenvalue weighted by atomic mass is 10.1. The van der Waals surface area contributed by atoms with Gasteiger partial charge in [-0.1, -0.05) is 6.92 Å². The van der Waals surface area contributed by atoms with Crippen LogP contribution in [0.2, 0.25) is 0 Å². The second kappa shape index (κ2) is 12.5. The van der Waals surface area contributed by atoms with Crippen LogP contribution in [-0.2, 0) is 17.6 Å². The van der Waals surface area contributed by atoms with E-state index in [-0.39, 0.29) is 24.0 Å². The van der Waals surface area contributed by atoms with E-state index in [0.29, 0.717) is 6.54 Å². The van der Waals surface area contributed by atoms with Crippen molar-refractivity contribution in [2.75, 3.05) is 19.6 Å². The van der Waals surface area contributed by atoms with Gasteiger partial charge in [0.05, 0.1) is 22.8 Å². The highest BCUT2D eigenvalue weighted by Crippen LogP contribution is 2.11. The molecule has 3 N–H and O–H groups in total. The minimum absolute atomic E-state index is 0. The molecule has 1 amide bonds. The van der Waals surface area contributed by atoms with Gasteiger partial charge in [-0.15, -0.1) is 35.3 Å². The largest absolute Gasteiger partial charge is 0.444 e. The number of aliphatic imine (C=N–C) groups is 1. The van der Waals surface area contributed by atoms with Gasteiger partial charge in [-0.05, 0) is 48.0 Å². The number of hydrogen-bond acceptors (Lipinski definition) is 5. The van der Waals surface area contributed by atoms with Gasteiger partial charge in [-0.2, -0.15) is 0 Å². The Morgan fingerprint density at radius 2 is 1.89 bits per heavy atom. The van der Waals surface area contributed by atoms with Gasteiger partial charge in [-0.25, -0.2) is 9.78 Å². The Morgan fingerprint density at radius 1 is 1.21 bits per heavy atom. The Hall–Kier alpha value is -1.10. The van der Waals surface area contributed by atoms with Crippen LogP contribution in [0.5, 0.6) is 0 Å². The maximum atomic E-state index is 12.0. The number of amides is 1. The van der Waals surface area contributed by atoms with E-state index in [4.69, 9.17) is 4.74 Å². The molecule has 0 radical (unpaired) electrons. The van der Waals surface area contributed by atoms with E-state index in [9.17, 15) is 4.79 Å². The van der Waals surface area contributed by atoms with Crippen molar-refractivity contribution in [1.82, 2.24) is 20.9 Å². The molecule has 0 spiro atoms. The third-order valence-corrected chi connectivity index (χ3v) is 4.43. The lowest BCUT2D eigenvalue weighted by molar-refractivity contribution is 0.0476. The molecular formula is C19H36IN5O2S. The van der Waals surface area contributed by atoms with Gasteiger partial charge in [-0.3, -0.25) is 4.99 Å². The summed E-state index contributed by atoms with van der Waals surface area (Å²) in [6.07, 6.45) is 1.39. The minimum atomic E-state index is -0.521. The van der Waals surface area contributed by atoms with Gasteiger partial charge in [0, 0.05) is 24.9 Å². The number of ether oxygens (including phenoxy) is 1. The number of carbonyl (C=O) groups is 1. The molecule has 162 valence electrons. The molecular weight excluding hydrogens is 489 g/mol. The number of nitrogens with one attached hydrogen (secondary N) is 3. The number of halogens is 1. The second-order valence-electron chi connectivity index (χ2n) is 7.97. The van der Waals surface area contributed by atoms with Crippen LogP contribution < -0.4 is 16.0 Å². The first-order chi connectivity index (χ1) is 12.5. The number of nitrogens with zero attached hydrogens (tertiary/aromatic N) is 2. The normalized spacial score (nSPS) is 12.2. The van der Waals surface area contributed by atoms with Gasteiger partial charge < -0.3 is 20.7 Å². The number of aryl methyl sites for hydroxylation is 1. The summed E-state index contributed by atoms with van der Waals surface area (Å²) in [6, 6.07) is 0. The van der Waals surface area contributed by atoms with Crippen LogP contribution in [0.3, 0.4) is 0 Å². The Bertz CT molecular complexity index is 626. The van der Waals surface area contributed by atoms with Crippen LogP contribution in [-0.4, -0.2) is 47.8 Å². The maximum Gasteiger partial charge on any atom is 0.408 e. The predicted molar refractivity (Wildman–Crippen MR) is 128 cm³/mol. The molecule has 0 saturated heterocycles. The number of guanidine groups is 1. The number of rotatable bonds is 8. The first-order valence-electron chi connectivity index (χ1n) is 9.51. The number of thiazole rings is 1. The van der Waals surface area contributed by atoms with Crippen molar-refractivity contribution in [3.8, 4) is 0 Å². The van der Waals surface area contributed by atoms with Crippen LogP contribution in [0, 0.1) is 0 Å². The summed E-state index contributed by atoms with van der Waals surface area (Å²) < 4.78 is 5.32. The molecule has 0 aliphatic heterocycles. The minimum Gasteiger partial charge on any atom is -0.444 e. The van der Waals surface area contributed by atoms with Crippen molar-refractivity contribution in [2.24, 2.45) is 4.99 Å². The first-order valence-corrected chi connectivity index (χ1v) is 10.4. The molecule has 0 aromatic carbocycles. The lowest BCUT2D eigenvalue weighted by Crippen LogP contribution is -2.49. The Balaban J connectivity index is 0.00000729. The highest BCUT2D eigenvalue weighted by molar-refractivity contribution is 14.0. The average molecular weight is 526 g/mol. The van der Waals surface area contributed by atoms with Crippen LogP contribution in [0.1, 0.15) is 59.2 Å². The van der Waals surface area contributed by atoms with Crippen molar-refractivity contribution in [3.63, 3.8) is 0 Å². The Labute approximate surface area is 190 Å². The highest BCUT2D eigenvalue weighted by atomic mass is 127. The Kier molecular flexibility index (Phi) is 12.0. The van der Waals surface area contributed by atoms with Gasteiger partial charge >= 0.3 is 6.09 Å². The van der Waals surface area contributed by atoms with Gasteiger partial charge in [0.25, 0.3) is 0 Å². The van der Waals surface area contributed by atoms with Crippen LogP contribution in [0.25, 0.3) is 0 Å². The molecule has 0 saturated carbocycles. The van der Waals surface area contributed by atoms with E-state index >= 15 is 0 Å². The summed E-state index contributed by atoms with van der Waals surface area (Å²) in [6.45, 7) is 15.5. The number of alkyl carbamates (subject to hydrolysis) is 1. The molecule has 7 nitrogen and oxygen atoms in total. The molecule has 0 fully saturated rings. The fraction of sp³-hybridized carbons (Fsp3) is 0.737. The van der Waals surface area contributed by atoms with Crippen molar-refractivity contribution in [2.45, 2.75) is 72.4 Å². The molecule has 0 aliphatic carbocycles. The van der Waals surface area contributed by atoms with Gasteiger partial charge in [0.15, 0.2) is 5.96 Å². The first kappa shape index (κ1) is 26.9. The van der Waals surface area contributed by atoms with Crippen molar-refractivity contribution in [3.05, 3.63) is 16.1 Å². The summed E-state index contributed by atoms with van der Waals surface area (Å²) in [5.41, 5.74) is 0.0650. The van der Waals surface area contributed by atoms with Gasteiger partial charge in [0.2, 0.25) is 0 Å². The van der Waals surface area contributed by atoms with Crippen LogP contribution >= 0.6 is 35.3 Å². The summed E-state index contributed by atoms with van der Waals surface area (Å²) >= 11 is 1.70. The summed E-state index contributed by atoms with van der Waals surface area (Å²) in [4.78, 5) is 21.2. The van der Waals surface area contributed by atoms with Crippen LogP contribution in [0.15, 0.2) is 10.4 Å². The summed E-state index contributed by atoms with van der Waals surface area (Å²) in [5.74, 6) is 0.725. The summed E-state index contributed by atoms with van der Waals surface area (Å²) in [7, 11) is 0. The zero-order valence-corrected chi connectivity index (χ0v) is 21.3. The zero-order chi connectivity index (χ0) is 20.5. The molecule has 28 heavy (non-hydrogen) atoms. The summed E-state index contributed by atoms with van der Waals surface area (Å²) in [5, 5.41) is 12.7. The van der Waals surface area contributed by atoms with Crippen molar-refractivity contribution < 1.29 is 9.53 Å². The zero-order valence-electron chi connectivity index (χ0n) is 18.1. The SMILES string of the molecule is CCNC(=NCC(C)(C)NC(=O)OC(C)(C)C)NCCc1csc(CC)n1.I. The van der Waals surface area contributed by atoms with E-state index in [2.05, 4.69) is 38.2 Å². The van der Waals surface area contributed by atoms with E-state index in [0.717, 1.165) is 37.6 Å². The number of aromatic nitrogens is 1. The molecule has 0 atom stereocenters. The molecule has 0 bridgehead atoms. The van der Waals surface area contributed by atoms with E-state index in [1.807, 2.05) is 41.5 Å². The molecule has 1 heterocycles. The number of carbonyl (C=O) groups excluding carboxylic acids is 1. The molecule has 1 aromatic heterocycles. The smallest absolute Gasteiger partial charge is 0.408 e. The molecule has 1 aromatic rings. The second-order valence-corrected chi connectivity index (χ2v) is 8.91. The molecule has 9 heteroatoms. The lowest BCUT2D eigenvalue weighted by Gasteiger charge is -2.27. The van der Waals surface area contributed by atoms with E-state index < -0.39 is 17.2 Å². The Morgan fingerprint density at radius 3 is 2.43 bits per heavy atom. The fourth-order valence-electron chi connectivity index (χ4n) is 2.17. The standard InChI is InChI=1S/C19H35N5O2S.HI/c1-8-15-23-14(12-27-15)10-11-21-16(20-9-2)22-13-19(6,7)24-17(25)26-18(3,4)5;/h12H,8-11,13H2,1-7H3,(H,24,25)(H2,20,21,22);1H.